The molecule has 1 aliphatic rings. The van der Waals surface area contributed by atoms with Crippen LogP contribution in [0.25, 0.3) is 0 Å². The lowest BCUT2D eigenvalue weighted by atomic mass is 9.84. The molecule has 1 aromatic rings. The predicted molar refractivity (Wildman–Crippen MR) is 74.9 cm³/mol. The minimum absolute atomic E-state index is 0.314. The first-order valence-corrected chi connectivity index (χ1v) is 7.49. The molecular formula is C13H18ClNOS. The third-order valence-corrected chi connectivity index (χ3v) is 5.16. The number of thioether (sulfide) groups is 1. The normalized spacial score (nSPS) is 17.8. The molecule has 0 bridgehead atoms. The van der Waals surface area contributed by atoms with E-state index in [0.29, 0.717) is 22.1 Å². The molecule has 1 aliphatic carbocycles. The van der Waals surface area contributed by atoms with E-state index in [2.05, 4.69) is 11.6 Å². The number of nitrogens with one attached hydrogen (secondary N) is 1. The number of benzene rings is 1. The summed E-state index contributed by atoms with van der Waals surface area (Å²) in [4.78, 5) is 0. The van der Waals surface area contributed by atoms with Gasteiger partial charge in [0.15, 0.2) is 0 Å². The van der Waals surface area contributed by atoms with Crippen molar-refractivity contribution < 1.29 is 5.11 Å². The zero-order valence-corrected chi connectivity index (χ0v) is 11.6. The summed E-state index contributed by atoms with van der Waals surface area (Å²) in [5.41, 5.74) is 0.869. The van der Waals surface area contributed by atoms with Gasteiger partial charge in [0.1, 0.15) is 5.75 Å². The van der Waals surface area contributed by atoms with Gasteiger partial charge >= 0.3 is 0 Å². The summed E-state index contributed by atoms with van der Waals surface area (Å²) < 4.78 is 0.425. The Hall–Kier alpha value is -0.380. The summed E-state index contributed by atoms with van der Waals surface area (Å²) in [5, 5.41) is 13.8. The largest absolute Gasteiger partial charge is 0.508 e. The van der Waals surface area contributed by atoms with Crippen molar-refractivity contribution >= 4 is 23.4 Å². The van der Waals surface area contributed by atoms with Gasteiger partial charge in [0.2, 0.25) is 0 Å². The lowest BCUT2D eigenvalue weighted by Crippen LogP contribution is -2.43. The Kier molecular flexibility index (Phi) is 4.23. The highest BCUT2D eigenvalue weighted by Gasteiger charge is 2.35. The average molecular weight is 272 g/mol. The fraction of sp³-hybridized carbons (Fsp3) is 0.538. The van der Waals surface area contributed by atoms with E-state index in [1.807, 2.05) is 17.8 Å². The van der Waals surface area contributed by atoms with Crippen LogP contribution in [-0.4, -0.2) is 22.7 Å². The van der Waals surface area contributed by atoms with Crippen LogP contribution in [0.4, 0.5) is 0 Å². The van der Waals surface area contributed by atoms with Crippen LogP contribution in [0.3, 0.4) is 0 Å². The molecule has 0 radical (unpaired) electrons. The second kappa shape index (κ2) is 5.51. The first-order valence-electron chi connectivity index (χ1n) is 5.88. The van der Waals surface area contributed by atoms with Gasteiger partial charge in [-0.2, -0.15) is 11.8 Å². The minimum Gasteiger partial charge on any atom is -0.508 e. The van der Waals surface area contributed by atoms with Crippen LogP contribution in [0, 0.1) is 0 Å². The summed E-state index contributed by atoms with van der Waals surface area (Å²) in [6, 6.07) is 5.17. The van der Waals surface area contributed by atoms with E-state index in [1.54, 1.807) is 12.1 Å². The Labute approximate surface area is 112 Å². The van der Waals surface area contributed by atoms with E-state index in [0.717, 1.165) is 12.1 Å². The molecule has 0 aromatic heterocycles. The summed E-state index contributed by atoms with van der Waals surface area (Å²) in [6.45, 7) is 1.68. The lowest BCUT2D eigenvalue weighted by Gasteiger charge is -2.40. The summed E-state index contributed by atoms with van der Waals surface area (Å²) in [7, 11) is 0. The van der Waals surface area contributed by atoms with Crippen LogP contribution >= 0.6 is 23.4 Å². The van der Waals surface area contributed by atoms with Gasteiger partial charge in [-0.15, -0.1) is 0 Å². The first kappa shape index (κ1) is 13.1. The zero-order valence-electron chi connectivity index (χ0n) is 10.0. The molecule has 0 amide bonds. The van der Waals surface area contributed by atoms with Crippen molar-refractivity contribution in [1.29, 1.82) is 0 Å². The Morgan fingerprint density at radius 3 is 2.82 bits per heavy atom. The summed E-state index contributed by atoms with van der Waals surface area (Å²) >= 11 is 7.86. The molecule has 0 saturated heterocycles. The lowest BCUT2D eigenvalue weighted by molar-refractivity contribution is 0.344. The number of phenolic OH excluding ortho intramolecular Hbond substituents is 1. The fourth-order valence-electron chi connectivity index (χ4n) is 2.14. The smallest absolute Gasteiger partial charge is 0.120 e. The quantitative estimate of drug-likeness (QED) is 0.861. The van der Waals surface area contributed by atoms with Gasteiger partial charge < -0.3 is 10.4 Å². The average Bonchev–Trinajstić information content (AvgIpc) is 2.27. The molecule has 1 saturated carbocycles. The Morgan fingerprint density at radius 2 is 2.24 bits per heavy atom. The fourth-order valence-corrected chi connectivity index (χ4v) is 3.28. The number of aromatic hydroxyl groups is 1. The Bertz CT molecular complexity index is 387. The van der Waals surface area contributed by atoms with Crippen LogP contribution in [0.1, 0.15) is 24.8 Å². The zero-order chi connectivity index (χ0) is 12.3. The van der Waals surface area contributed by atoms with Crippen molar-refractivity contribution in [3.05, 3.63) is 28.8 Å². The second-order valence-corrected chi connectivity index (χ2v) is 6.33. The molecule has 2 N–H and O–H groups in total. The van der Waals surface area contributed by atoms with Crippen LogP contribution in [0.15, 0.2) is 18.2 Å². The third kappa shape index (κ3) is 3.09. The van der Waals surface area contributed by atoms with E-state index >= 15 is 0 Å². The van der Waals surface area contributed by atoms with Crippen molar-refractivity contribution in [2.24, 2.45) is 0 Å². The molecule has 0 spiro atoms. The molecule has 2 rings (SSSR count). The molecule has 0 heterocycles. The number of phenols is 1. The monoisotopic (exact) mass is 271 g/mol. The van der Waals surface area contributed by atoms with E-state index in [4.69, 9.17) is 11.6 Å². The van der Waals surface area contributed by atoms with E-state index in [1.165, 1.54) is 19.3 Å². The maximum absolute atomic E-state index is 9.69. The van der Waals surface area contributed by atoms with Gasteiger partial charge in [-0.1, -0.05) is 18.0 Å². The topological polar surface area (TPSA) is 32.3 Å². The highest BCUT2D eigenvalue weighted by Crippen LogP contribution is 2.42. The first-order chi connectivity index (χ1) is 8.15. The van der Waals surface area contributed by atoms with Crippen LogP contribution in [0.5, 0.6) is 5.75 Å². The van der Waals surface area contributed by atoms with Crippen LogP contribution in [-0.2, 0) is 6.54 Å². The molecular weight excluding hydrogens is 254 g/mol. The van der Waals surface area contributed by atoms with Crippen LogP contribution < -0.4 is 5.32 Å². The highest BCUT2D eigenvalue weighted by atomic mass is 35.5. The van der Waals surface area contributed by atoms with Crippen LogP contribution in [0.2, 0.25) is 5.02 Å². The Morgan fingerprint density at radius 1 is 1.47 bits per heavy atom. The van der Waals surface area contributed by atoms with E-state index < -0.39 is 0 Å². The van der Waals surface area contributed by atoms with Crippen molar-refractivity contribution in [2.75, 3.05) is 12.8 Å². The second-order valence-electron chi connectivity index (χ2n) is 4.62. The van der Waals surface area contributed by atoms with E-state index in [9.17, 15) is 5.11 Å². The maximum atomic E-state index is 9.69. The Balaban J connectivity index is 1.87. The maximum Gasteiger partial charge on any atom is 0.120 e. The number of hydrogen-bond donors (Lipinski definition) is 2. The minimum atomic E-state index is 0.314. The third-order valence-electron chi connectivity index (χ3n) is 3.50. The van der Waals surface area contributed by atoms with Crippen molar-refractivity contribution in [2.45, 2.75) is 30.6 Å². The summed E-state index contributed by atoms with van der Waals surface area (Å²) in [5.74, 6) is 0.314. The molecule has 0 aliphatic heterocycles. The molecule has 1 aromatic carbocycles. The molecule has 0 unspecified atom stereocenters. The molecule has 4 heteroatoms. The molecule has 1 fully saturated rings. The number of hydrogen-bond acceptors (Lipinski definition) is 3. The number of halogens is 1. The molecule has 0 atom stereocenters. The van der Waals surface area contributed by atoms with Gasteiger partial charge in [0, 0.05) is 28.4 Å². The van der Waals surface area contributed by atoms with Crippen molar-refractivity contribution in [3.63, 3.8) is 0 Å². The van der Waals surface area contributed by atoms with Crippen molar-refractivity contribution in [1.82, 2.24) is 5.32 Å². The number of rotatable bonds is 5. The molecule has 94 valence electrons. The molecule has 17 heavy (non-hydrogen) atoms. The highest BCUT2D eigenvalue weighted by molar-refractivity contribution is 8.00. The van der Waals surface area contributed by atoms with Crippen molar-refractivity contribution in [3.8, 4) is 5.75 Å². The summed E-state index contributed by atoms with van der Waals surface area (Å²) in [6.07, 6.45) is 6.11. The van der Waals surface area contributed by atoms with Gasteiger partial charge in [-0.3, -0.25) is 0 Å². The molecule has 2 nitrogen and oxygen atoms in total. The predicted octanol–water partition coefficient (Wildman–Crippen LogP) is 3.42. The standard InChI is InChI=1S/C13H18ClNOS/c1-17-13(5-2-6-13)9-15-8-10-7-11(14)3-4-12(10)16/h3-4,7,15-16H,2,5-6,8-9H2,1H3. The SMILES string of the molecule is CSC1(CNCc2cc(Cl)ccc2O)CCC1. The van der Waals surface area contributed by atoms with Gasteiger partial charge in [-0.05, 0) is 37.3 Å². The van der Waals surface area contributed by atoms with Gasteiger partial charge in [0.25, 0.3) is 0 Å². The van der Waals surface area contributed by atoms with E-state index in [-0.39, 0.29) is 0 Å². The van der Waals surface area contributed by atoms with Gasteiger partial charge in [0.05, 0.1) is 0 Å². The van der Waals surface area contributed by atoms with Gasteiger partial charge in [-0.25, -0.2) is 0 Å².